The molecule has 1 N–H and O–H groups in total. The van der Waals surface area contributed by atoms with E-state index in [1.165, 1.54) is 0 Å². The third-order valence-electron chi connectivity index (χ3n) is 3.57. The number of carbonyl (C=O) groups is 2. The summed E-state index contributed by atoms with van der Waals surface area (Å²) in [6.07, 6.45) is 1.12. The number of halogens is 1. The first kappa shape index (κ1) is 13.8. The van der Waals surface area contributed by atoms with Crippen molar-refractivity contribution in [3.8, 4) is 0 Å². The topological polar surface area (TPSA) is 46.2 Å². The first-order valence-electron chi connectivity index (χ1n) is 6.77. The molecule has 2 aromatic rings. The summed E-state index contributed by atoms with van der Waals surface area (Å²) >= 11 is 6.01. The Morgan fingerprint density at radius 1 is 1.10 bits per heavy atom. The number of rotatable bonds is 2. The Bertz CT molecular complexity index is 732. The highest BCUT2D eigenvalue weighted by Gasteiger charge is 2.17. The maximum atomic E-state index is 12.6. The first-order valence-corrected chi connectivity index (χ1v) is 7.15. The average Bonchev–Trinajstić information content (AvgIpc) is 2.45. The Morgan fingerprint density at radius 3 is 2.67 bits per heavy atom. The Labute approximate surface area is 127 Å². The second-order valence-electron chi connectivity index (χ2n) is 5.27. The van der Waals surface area contributed by atoms with Crippen LogP contribution in [-0.4, -0.2) is 11.7 Å². The molecule has 1 heterocycles. The van der Waals surface area contributed by atoms with Gasteiger partial charge in [0.15, 0.2) is 5.78 Å². The van der Waals surface area contributed by atoms with Crippen LogP contribution in [0.25, 0.3) is 0 Å². The summed E-state index contributed by atoms with van der Waals surface area (Å²) in [6.45, 7) is 1.91. The van der Waals surface area contributed by atoms with Crippen LogP contribution in [0.4, 0.5) is 5.69 Å². The lowest BCUT2D eigenvalue weighted by Crippen LogP contribution is -2.19. The van der Waals surface area contributed by atoms with Gasteiger partial charge < -0.3 is 5.32 Å². The van der Waals surface area contributed by atoms with Gasteiger partial charge in [0.2, 0.25) is 5.91 Å². The molecule has 3 nitrogen and oxygen atoms in total. The zero-order valence-electron chi connectivity index (χ0n) is 11.6. The molecule has 0 saturated heterocycles. The minimum Gasteiger partial charge on any atom is -0.326 e. The quantitative estimate of drug-likeness (QED) is 0.858. The molecule has 3 rings (SSSR count). The van der Waals surface area contributed by atoms with Crippen molar-refractivity contribution < 1.29 is 9.59 Å². The Kier molecular flexibility index (Phi) is 3.52. The summed E-state index contributed by atoms with van der Waals surface area (Å²) in [4.78, 5) is 23.9. The van der Waals surface area contributed by atoms with Gasteiger partial charge in [-0.1, -0.05) is 11.6 Å². The zero-order chi connectivity index (χ0) is 15.0. The number of anilines is 1. The minimum absolute atomic E-state index is 0.0204. The fraction of sp³-hybridized carbons (Fsp3) is 0.176. The van der Waals surface area contributed by atoms with Gasteiger partial charge in [-0.2, -0.15) is 0 Å². The monoisotopic (exact) mass is 299 g/mol. The standard InChI is InChI=1S/C17H14ClNO2/c1-10-6-13(9-14(18)7-10)17(21)12-2-4-15-11(8-12)3-5-16(20)19-15/h2,4,6-9H,3,5H2,1H3,(H,19,20). The number of amides is 1. The molecular weight excluding hydrogens is 286 g/mol. The molecule has 106 valence electrons. The van der Waals surface area contributed by atoms with Crippen molar-refractivity contribution in [3.05, 3.63) is 63.7 Å². The number of nitrogens with one attached hydrogen (secondary N) is 1. The van der Waals surface area contributed by atoms with Gasteiger partial charge >= 0.3 is 0 Å². The number of hydrogen-bond donors (Lipinski definition) is 1. The van der Waals surface area contributed by atoms with E-state index in [1.807, 2.05) is 25.1 Å². The maximum absolute atomic E-state index is 12.6. The van der Waals surface area contributed by atoms with Crippen molar-refractivity contribution in [2.75, 3.05) is 5.32 Å². The summed E-state index contributed by atoms with van der Waals surface area (Å²) in [7, 11) is 0. The van der Waals surface area contributed by atoms with E-state index in [4.69, 9.17) is 11.6 Å². The van der Waals surface area contributed by atoms with Gasteiger partial charge in [0.25, 0.3) is 0 Å². The molecule has 0 atom stereocenters. The predicted molar refractivity (Wildman–Crippen MR) is 83.0 cm³/mol. The normalized spacial score (nSPS) is 13.5. The van der Waals surface area contributed by atoms with Gasteiger partial charge in [0.05, 0.1) is 0 Å². The molecule has 1 amide bonds. The van der Waals surface area contributed by atoms with Crippen LogP contribution in [0.2, 0.25) is 5.02 Å². The first-order chi connectivity index (χ1) is 10.0. The molecule has 21 heavy (non-hydrogen) atoms. The van der Waals surface area contributed by atoms with Crippen molar-refractivity contribution in [2.45, 2.75) is 19.8 Å². The molecule has 4 heteroatoms. The van der Waals surface area contributed by atoms with E-state index in [1.54, 1.807) is 18.2 Å². The smallest absolute Gasteiger partial charge is 0.224 e. The minimum atomic E-state index is -0.0553. The van der Waals surface area contributed by atoms with Crippen LogP contribution in [0.3, 0.4) is 0 Å². The molecule has 1 aliphatic rings. The highest BCUT2D eigenvalue weighted by molar-refractivity contribution is 6.31. The number of fused-ring (bicyclic) bond motifs is 1. The van der Waals surface area contributed by atoms with Crippen LogP contribution in [0, 0.1) is 6.92 Å². The van der Waals surface area contributed by atoms with E-state index in [9.17, 15) is 9.59 Å². The molecule has 0 unspecified atom stereocenters. The SMILES string of the molecule is Cc1cc(Cl)cc(C(=O)c2ccc3c(c2)CCC(=O)N3)c1. The molecule has 0 aliphatic carbocycles. The Hall–Kier alpha value is -2.13. The van der Waals surface area contributed by atoms with Crippen molar-refractivity contribution in [2.24, 2.45) is 0 Å². The lowest BCUT2D eigenvalue weighted by Gasteiger charge is -2.17. The van der Waals surface area contributed by atoms with Gasteiger partial charge in [0.1, 0.15) is 0 Å². The Balaban J connectivity index is 1.97. The number of carbonyl (C=O) groups excluding carboxylic acids is 2. The van der Waals surface area contributed by atoms with Crippen LogP contribution in [0.1, 0.15) is 33.5 Å². The molecule has 0 saturated carbocycles. The van der Waals surface area contributed by atoms with E-state index in [0.717, 1.165) is 16.8 Å². The molecule has 0 fully saturated rings. The maximum Gasteiger partial charge on any atom is 0.224 e. The Morgan fingerprint density at radius 2 is 1.90 bits per heavy atom. The van der Waals surface area contributed by atoms with Gasteiger partial charge in [-0.3, -0.25) is 9.59 Å². The lowest BCUT2D eigenvalue weighted by molar-refractivity contribution is -0.116. The average molecular weight is 300 g/mol. The van der Waals surface area contributed by atoms with E-state index < -0.39 is 0 Å². The number of hydrogen-bond acceptors (Lipinski definition) is 2. The van der Waals surface area contributed by atoms with Gasteiger partial charge in [-0.25, -0.2) is 0 Å². The van der Waals surface area contributed by atoms with Crippen molar-refractivity contribution >= 4 is 29.0 Å². The molecule has 0 radical (unpaired) electrons. The van der Waals surface area contributed by atoms with Gasteiger partial charge in [-0.05, 0) is 60.9 Å². The number of aryl methyl sites for hydroxylation is 2. The zero-order valence-corrected chi connectivity index (χ0v) is 12.3. The van der Waals surface area contributed by atoms with Gasteiger partial charge in [0, 0.05) is 28.3 Å². The predicted octanol–water partition coefficient (Wildman–Crippen LogP) is 3.76. The fourth-order valence-corrected chi connectivity index (χ4v) is 2.85. The van der Waals surface area contributed by atoms with E-state index in [-0.39, 0.29) is 11.7 Å². The van der Waals surface area contributed by atoms with Crippen molar-refractivity contribution in [1.82, 2.24) is 0 Å². The second kappa shape index (κ2) is 5.34. The molecule has 1 aliphatic heterocycles. The molecular formula is C17H14ClNO2. The van der Waals surface area contributed by atoms with Crippen LogP contribution in [0.5, 0.6) is 0 Å². The highest BCUT2D eigenvalue weighted by Crippen LogP contribution is 2.25. The number of ketones is 1. The van der Waals surface area contributed by atoms with Crippen LogP contribution in [-0.2, 0) is 11.2 Å². The van der Waals surface area contributed by atoms with E-state index in [2.05, 4.69) is 5.32 Å². The van der Waals surface area contributed by atoms with Crippen LogP contribution in [0.15, 0.2) is 36.4 Å². The second-order valence-corrected chi connectivity index (χ2v) is 5.70. The van der Waals surface area contributed by atoms with Gasteiger partial charge in [-0.15, -0.1) is 0 Å². The van der Waals surface area contributed by atoms with Crippen molar-refractivity contribution in [3.63, 3.8) is 0 Å². The molecule has 0 spiro atoms. The summed E-state index contributed by atoms with van der Waals surface area (Å²) in [5, 5.41) is 3.37. The number of benzene rings is 2. The summed E-state index contributed by atoms with van der Waals surface area (Å²) < 4.78 is 0. The van der Waals surface area contributed by atoms with Crippen LogP contribution >= 0.6 is 11.6 Å². The summed E-state index contributed by atoms with van der Waals surface area (Å²) in [5.74, 6) is -0.0349. The molecule has 0 aromatic heterocycles. The third-order valence-corrected chi connectivity index (χ3v) is 3.79. The fourth-order valence-electron chi connectivity index (χ4n) is 2.56. The molecule has 0 bridgehead atoms. The lowest BCUT2D eigenvalue weighted by atomic mass is 9.96. The summed E-state index contributed by atoms with van der Waals surface area (Å²) in [6, 6.07) is 10.7. The van der Waals surface area contributed by atoms with Crippen LogP contribution < -0.4 is 5.32 Å². The van der Waals surface area contributed by atoms with Crippen molar-refractivity contribution in [1.29, 1.82) is 0 Å². The largest absolute Gasteiger partial charge is 0.326 e. The summed E-state index contributed by atoms with van der Waals surface area (Å²) in [5.41, 5.74) is 3.95. The highest BCUT2D eigenvalue weighted by atomic mass is 35.5. The van der Waals surface area contributed by atoms with E-state index in [0.29, 0.717) is 29.0 Å². The third kappa shape index (κ3) is 2.83. The molecule has 2 aromatic carbocycles. The van der Waals surface area contributed by atoms with E-state index >= 15 is 0 Å².